The van der Waals surface area contributed by atoms with E-state index in [1.807, 2.05) is 23.9 Å². The van der Waals surface area contributed by atoms with E-state index in [-0.39, 0.29) is 6.54 Å². The maximum atomic E-state index is 11.2. The van der Waals surface area contributed by atoms with Crippen LogP contribution in [-0.2, 0) is 29.7 Å². The molecule has 0 bridgehead atoms. The van der Waals surface area contributed by atoms with E-state index in [9.17, 15) is 8.42 Å². The van der Waals surface area contributed by atoms with Crippen LogP contribution < -0.4 is 14.9 Å². The number of hydrogen-bond donors (Lipinski definition) is 2. The lowest BCUT2D eigenvalue weighted by atomic mass is 10.3. The first-order chi connectivity index (χ1) is 11.4. The number of aryl methyl sites for hydroxylation is 1. The summed E-state index contributed by atoms with van der Waals surface area (Å²) in [6.07, 6.45) is 3.79. The van der Waals surface area contributed by atoms with E-state index < -0.39 is 10.0 Å². The molecule has 0 fully saturated rings. The van der Waals surface area contributed by atoms with Gasteiger partial charge in [0, 0.05) is 26.3 Å². The van der Waals surface area contributed by atoms with Crippen molar-refractivity contribution in [2.45, 2.75) is 26.1 Å². The highest BCUT2D eigenvalue weighted by Gasteiger charge is 2.19. The van der Waals surface area contributed by atoms with Crippen LogP contribution in [0.4, 0.5) is 11.8 Å². The molecule has 0 amide bonds. The van der Waals surface area contributed by atoms with E-state index in [4.69, 9.17) is 0 Å². The summed E-state index contributed by atoms with van der Waals surface area (Å²) >= 11 is 0. The molecule has 0 atom stereocenters. The first-order valence-corrected chi connectivity index (χ1v) is 9.60. The molecule has 0 spiro atoms. The molecule has 0 radical (unpaired) electrons. The molecule has 0 aromatic carbocycles. The van der Waals surface area contributed by atoms with Gasteiger partial charge >= 0.3 is 0 Å². The smallest absolute Gasteiger partial charge is 0.227 e. The summed E-state index contributed by atoms with van der Waals surface area (Å²) in [5, 5.41) is 7.50. The van der Waals surface area contributed by atoms with Gasteiger partial charge in [-0.1, -0.05) is 0 Å². The molecule has 9 nitrogen and oxygen atoms in total. The third-order valence-corrected chi connectivity index (χ3v) is 4.43. The largest absolute Gasteiger partial charge is 0.373 e. The number of nitrogens with one attached hydrogen (secondary N) is 2. The summed E-state index contributed by atoms with van der Waals surface area (Å²) in [6, 6.07) is 3.75. The number of nitrogens with zero attached hydrogens (tertiary/aromatic N) is 5. The van der Waals surface area contributed by atoms with Gasteiger partial charge in [-0.25, -0.2) is 18.1 Å². The Morgan fingerprint density at radius 3 is 2.92 bits per heavy atom. The minimum Gasteiger partial charge on any atom is -0.373 e. The van der Waals surface area contributed by atoms with Gasteiger partial charge in [0.25, 0.3) is 0 Å². The van der Waals surface area contributed by atoms with Crippen LogP contribution in [-0.4, -0.2) is 48.0 Å². The lowest BCUT2D eigenvalue weighted by molar-refractivity contribution is 0.573. The van der Waals surface area contributed by atoms with E-state index in [2.05, 4.69) is 30.0 Å². The second kappa shape index (κ2) is 6.73. The van der Waals surface area contributed by atoms with E-state index in [0.717, 1.165) is 37.3 Å². The molecule has 1 aliphatic heterocycles. The van der Waals surface area contributed by atoms with Crippen LogP contribution in [0.1, 0.15) is 17.8 Å². The molecule has 130 valence electrons. The molecule has 0 saturated heterocycles. The predicted molar refractivity (Wildman–Crippen MR) is 91.2 cm³/mol. The molecular formula is C14H21N7O2S. The van der Waals surface area contributed by atoms with Crippen molar-refractivity contribution in [1.29, 1.82) is 0 Å². The van der Waals surface area contributed by atoms with E-state index in [1.165, 1.54) is 0 Å². The highest BCUT2D eigenvalue weighted by Crippen LogP contribution is 2.19. The molecule has 10 heteroatoms. The first-order valence-electron chi connectivity index (χ1n) is 7.70. The molecule has 24 heavy (non-hydrogen) atoms. The average molecular weight is 351 g/mol. The van der Waals surface area contributed by atoms with Gasteiger partial charge in [0.1, 0.15) is 5.82 Å². The average Bonchev–Trinajstić information content (AvgIpc) is 2.83. The topological polar surface area (TPSA) is 105 Å². The van der Waals surface area contributed by atoms with Crippen molar-refractivity contribution < 1.29 is 8.42 Å². The van der Waals surface area contributed by atoms with Crippen LogP contribution in [0.5, 0.6) is 0 Å². The summed E-state index contributed by atoms with van der Waals surface area (Å²) in [7, 11) is -1.40. The lowest BCUT2D eigenvalue weighted by Gasteiger charge is -2.20. The van der Waals surface area contributed by atoms with Gasteiger partial charge in [0.15, 0.2) is 0 Å². The van der Waals surface area contributed by atoms with Gasteiger partial charge in [-0.05, 0) is 18.6 Å². The minimum absolute atomic E-state index is 0.199. The van der Waals surface area contributed by atoms with Gasteiger partial charge in [-0.2, -0.15) is 10.1 Å². The summed E-state index contributed by atoms with van der Waals surface area (Å²) in [5.41, 5.74) is 1.73. The zero-order chi connectivity index (χ0) is 17.2. The van der Waals surface area contributed by atoms with Gasteiger partial charge < -0.3 is 10.2 Å². The molecule has 0 unspecified atom stereocenters. The second-order valence-corrected chi connectivity index (χ2v) is 7.54. The Labute approximate surface area is 141 Å². The van der Waals surface area contributed by atoms with Crippen LogP contribution in [0.2, 0.25) is 0 Å². The zero-order valence-electron chi connectivity index (χ0n) is 13.7. The first kappa shape index (κ1) is 16.7. The van der Waals surface area contributed by atoms with Crippen molar-refractivity contribution in [2.75, 3.05) is 30.1 Å². The van der Waals surface area contributed by atoms with Crippen LogP contribution in [0.25, 0.3) is 0 Å². The Balaban J connectivity index is 1.78. The summed E-state index contributed by atoms with van der Waals surface area (Å²) < 4.78 is 26.9. The molecule has 2 aromatic rings. The van der Waals surface area contributed by atoms with Crippen molar-refractivity contribution in [3.8, 4) is 0 Å². The highest BCUT2D eigenvalue weighted by atomic mass is 32.2. The SMILES string of the molecule is CNc1ccnc(N2CCCn3nc(CNS(C)(=O)=O)cc3C2)n1. The zero-order valence-corrected chi connectivity index (χ0v) is 14.5. The Morgan fingerprint density at radius 2 is 2.17 bits per heavy atom. The normalized spacial score (nSPS) is 15.0. The van der Waals surface area contributed by atoms with Gasteiger partial charge in [0.2, 0.25) is 16.0 Å². The third kappa shape index (κ3) is 4.01. The van der Waals surface area contributed by atoms with Crippen LogP contribution >= 0.6 is 0 Å². The number of anilines is 2. The standard InChI is InChI=1S/C14H21N7O2S/c1-15-13-4-5-16-14(18-13)20-6-3-7-21-12(10-20)8-11(19-21)9-17-24(2,22)23/h4-5,8,17H,3,6-7,9-10H2,1-2H3,(H,15,16,18). The molecule has 2 aromatic heterocycles. The Morgan fingerprint density at radius 1 is 1.33 bits per heavy atom. The molecule has 2 N–H and O–H groups in total. The van der Waals surface area contributed by atoms with E-state index >= 15 is 0 Å². The Bertz CT molecular complexity index is 818. The van der Waals surface area contributed by atoms with Crippen molar-refractivity contribution in [1.82, 2.24) is 24.5 Å². The second-order valence-electron chi connectivity index (χ2n) is 5.71. The maximum absolute atomic E-state index is 11.2. The minimum atomic E-state index is -3.23. The Hall–Kier alpha value is -2.20. The predicted octanol–water partition coefficient (Wildman–Crippen LogP) is 0.174. The lowest BCUT2D eigenvalue weighted by Crippen LogP contribution is -2.25. The maximum Gasteiger partial charge on any atom is 0.227 e. The van der Waals surface area contributed by atoms with Crippen LogP contribution in [0.3, 0.4) is 0 Å². The number of rotatable bonds is 5. The number of sulfonamides is 1. The van der Waals surface area contributed by atoms with Gasteiger partial charge in [0.05, 0.1) is 30.7 Å². The van der Waals surface area contributed by atoms with Crippen molar-refractivity contribution >= 4 is 21.8 Å². The fraction of sp³-hybridized carbons (Fsp3) is 0.500. The molecule has 0 saturated carbocycles. The monoisotopic (exact) mass is 351 g/mol. The summed E-state index contributed by atoms with van der Waals surface area (Å²) in [4.78, 5) is 10.9. The summed E-state index contributed by atoms with van der Waals surface area (Å²) in [5.74, 6) is 1.45. The van der Waals surface area contributed by atoms with Crippen LogP contribution in [0, 0.1) is 0 Å². The molecule has 0 aliphatic carbocycles. The van der Waals surface area contributed by atoms with Crippen molar-refractivity contribution in [3.63, 3.8) is 0 Å². The fourth-order valence-corrected chi connectivity index (χ4v) is 3.03. The number of hydrogen-bond acceptors (Lipinski definition) is 7. The van der Waals surface area contributed by atoms with Crippen molar-refractivity contribution in [3.05, 3.63) is 29.7 Å². The van der Waals surface area contributed by atoms with Gasteiger partial charge in [-0.15, -0.1) is 0 Å². The molecule has 3 rings (SSSR count). The molecular weight excluding hydrogens is 330 g/mol. The number of aromatic nitrogens is 4. The molecule has 1 aliphatic rings. The third-order valence-electron chi connectivity index (χ3n) is 3.76. The van der Waals surface area contributed by atoms with Crippen LogP contribution in [0.15, 0.2) is 18.3 Å². The van der Waals surface area contributed by atoms with E-state index in [1.54, 1.807) is 6.20 Å². The fourth-order valence-electron chi connectivity index (χ4n) is 2.62. The Kier molecular flexibility index (Phi) is 4.67. The molecule has 3 heterocycles. The van der Waals surface area contributed by atoms with Gasteiger partial charge in [-0.3, -0.25) is 4.68 Å². The number of fused-ring (bicyclic) bond motifs is 1. The van der Waals surface area contributed by atoms with Crippen molar-refractivity contribution in [2.24, 2.45) is 0 Å². The summed E-state index contributed by atoms with van der Waals surface area (Å²) in [6.45, 7) is 2.47. The highest BCUT2D eigenvalue weighted by molar-refractivity contribution is 7.88. The quantitative estimate of drug-likeness (QED) is 0.791. The van der Waals surface area contributed by atoms with E-state index in [0.29, 0.717) is 18.2 Å².